The molecule has 1 fully saturated rings. The molecule has 0 bridgehead atoms. The summed E-state index contributed by atoms with van der Waals surface area (Å²) in [7, 11) is 0. The lowest BCUT2D eigenvalue weighted by Gasteiger charge is -2.37. The first kappa shape index (κ1) is 13.8. The van der Waals surface area contributed by atoms with Gasteiger partial charge in [-0.1, -0.05) is 17.7 Å². The van der Waals surface area contributed by atoms with Gasteiger partial charge in [0.25, 0.3) is 0 Å². The molecule has 1 aromatic carbocycles. The predicted molar refractivity (Wildman–Crippen MR) is 73.1 cm³/mol. The highest BCUT2D eigenvalue weighted by Crippen LogP contribution is 2.24. The fourth-order valence-corrected chi connectivity index (χ4v) is 2.70. The Kier molecular flexibility index (Phi) is 4.60. The molecule has 1 saturated heterocycles. The van der Waals surface area contributed by atoms with E-state index in [1.54, 1.807) is 12.1 Å². The average Bonchev–Trinajstić information content (AvgIpc) is 2.35. The largest absolute Gasteiger partial charge is 0.330 e. The Balaban J connectivity index is 2.07. The standard InChI is InChI=1S/C14H20ClFN2/c1-10-2-3-11(7-17)8-18(10)9-12-4-5-13(15)6-14(12)16/h4-6,10-11H,2-3,7-9,17H2,1H3. The topological polar surface area (TPSA) is 29.3 Å². The van der Waals surface area contributed by atoms with Crippen molar-refractivity contribution in [1.82, 2.24) is 4.90 Å². The van der Waals surface area contributed by atoms with Gasteiger partial charge in [0.2, 0.25) is 0 Å². The second kappa shape index (κ2) is 6.00. The van der Waals surface area contributed by atoms with Crippen molar-refractivity contribution in [2.45, 2.75) is 32.4 Å². The van der Waals surface area contributed by atoms with E-state index >= 15 is 0 Å². The molecule has 0 saturated carbocycles. The molecule has 2 unspecified atom stereocenters. The first-order chi connectivity index (χ1) is 8.60. The Morgan fingerprint density at radius 1 is 1.44 bits per heavy atom. The normalized spacial score (nSPS) is 25.3. The van der Waals surface area contributed by atoms with Crippen molar-refractivity contribution in [1.29, 1.82) is 0 Å². The van der Waals surface area contributed by atoms with Crippen molar-refractivity contribution in [2.75, 3.05) is 13.1 Å². The van der Waals surface area contributed by atoms with Gasteiger partial charge < -0.3 is 5.73 Å². The second-order valence-corrected chi connectivity index (χ2v) is 5.63. The quantitative estimate of drug-likeness (QED) is 0.915. The van der Waals surface area contributed by atoms with E-state index in [9.17, 15) is 4.39 Å². The molecule has 0 aliphatic carbocycles. The number of hydrogen-bond donors (Lipinski definition) is 1. The summed E-state index contributed by atoms with van der Waals surface area (Å²) < 4.78 is 13.8. The fraction of sp³-hybridized carbons (Fsp3) is 0.571. The van der Waals surface area contributed by atoms with Gasteiger partial charge in [0, 0.05) is 29.7 Å². The highest BCUT2D eigenvalue weighted by molar-refractivity contribution is 6.30. The zero-order valence-corrected chi connectivity index (χ0v) is 11.5. The SMILES string of the molecule is CC1CCC(CN)CN1Cc1ccc(Cl)cc1F. The van der Waals surface area contributed by atoms with E-state index in [4.69, 9.17) is 17.3 Å². The molecule has 1 aliphatic rings. The second-order valence-electron chi connectivity index (χ2n) is 5.19. The van der Waals surface area contributed by atoms with Crippen LogP contribution in [0.1, 0.15) is 25.3 Å². The maximum absolute atomic E-state index is 13.8. The summed E-state index contributed by atoms with van der Waals surface area (Å²) in [4.78, 5) is 2.31. The summed E-state index contributed by atoms with van der Waals surface area (Å²) >= 11 is 5.76. The van der Waals surface area contributed by atoms with Crippen LogP contribution in [0.5, 0.6) is 0 Å². The third-order valence-electron chi connectivity index (χ3n) is 3.83. The van der Waals surface area contributed by atoms with Gasteiger partial charge in [-0.15, -0.1) is 0 Å². The summed E-state index contributed by atoms with van der Waals surface area (Å²) in [5.41, 5.74) is 6.45. The average molecular weight is 271 g/mol. The summed E-state index contributed by atoms with van der Waals surface area (Å²) in [6, 6.07) is 5.39. The van der Waals surface area contributed by atoms with E-state index in [1.165, 1.54) is 12.5 Å². The number of halogens is 2. The van der Waals surface area contributed by atoms with Crippen LogP contribution in [-0.2, 0) is 6.54 Å². The summed E-state index contributed by atoms with van der Waals surface area (Å²) in [5, 5.41) is 0.447. The number of benzene rings is 1. The smallest absolute Gasteiger partial charge is 0.129 e. The van der Waals surface area contributed by atoms with Crippen molar-refractivity contribution in [2.24, 2.45) is 11.7 Å². The van der Waals surface area contributed by atoms with Crippen molar-refractivity contribution in [3.63, 3.8) is 0 Å². The Bertz CT molecular complexity index is 411. The van der Waals surface area contributed by atoms with Gasteiger partial charge in [0.15, 0.2) is 0 Å². The van der Waals surface area contributed by atoms with Crippen molar-refractivity contribution < 1.29 is 4.39 Å². The van der Waals surface area contributed by atoms with Crippen LogP contribution < -0.4 is 5.73 Å². The zero-order chi connectivity index (χ0) is 13.1. The number of nitrogens with zero attached hydrogens (tertiary/aromatic N) is 1. The highest BCUT2D eigenvalue weighted by atomic mass is 35.5. The lowest BCUT2D eigenvalue weighted by atomic mass is 9.93. The van der Waals surface area contributed by atoms with Crippen LogP contribution in [0.4, 0.5) is 4.39 Å². The number of nitrogens with two attached hydrogens (primary N) is 1. The van der Waals surface area contributed by atoms with Crippen LogP contribution >= 0.6 is 11.6 Å². The Hall–Kier alpha value is -0.640. The molecule has 1 aromatic rings. The van der Waals surface area contributed by atoms with Crippen LogP contribution in [0.15, 0.2) is 18.2 Å². The summed E-state index contributed by atoms with van der Waals surface area (Å²) in [5.74, 6) is 0.320. The number of rotatable bonds is 3. The third kappa shape index (κ3) is 3.22. The fourth-order valence-electron chi connectivity index (χ4n) is 2.54. The van der Waals surface area contributed by atoms with Gasteiger partial charge in [0.1, 0.15) is 5.82 Å². The number of piperidine rings is 1. The van der Waals surface area contributed by atoms with E-state index < -0.39 is 0 Å². The predicted octanol–water partition coefficient (Wildman–Crippen LogP) is 3.04. The van der Waals surface area contributed by atoms with Crippen LogP contribution in [0, 0.1) is 11.7 Å². The zero-order valence-electron chi connectivity index (χ0n) is 10.7. The van der Waals surface area contributed by atoms with Crippen molar-refractivity contribution >= 4 is 11.6 Å². The molecule has 1 heterocycles. The molecule has 2 nitrogen and oxygen atoms in total. The van der Waals surface area contributed by atoms with Gasteiger partial charge in [-0.2, -0.15) is 0 Å². The third-order valence-corrected chi connectivity index (χ3v) is 4.07. The van der Waals surface area contributed by atoms with Crippen LogP contribution in [0.2, 0.25) is 5.02 Å². The first-order valence-electron chi connectivity index (χ1n) is 6.48. The number of hydrogen-bond acceptors (Lipinski definition) is 2. The number of likely N-dealkylation sites (tertiary alicyclic amines) is 1. The van der Waals surface area contributed by atoms with Crippen LogP contribution in [-0.4, -0.2) is 24.0 Å². The van der Waals surface area contributed by atoms with Crippen LogP contribution in [0.3, 0.4) is 0 Å². The molecule has 1 aliphatic heterocycles. The first-order valence-corrected chi connectivity index (χ1v) is 6.86. The molecular formula is C14H20ClFN2. The van der Waals surface area contributed by atoms with Gasteiger partial charge in [0.05, 0.1) is 0 Å². The monoisotopic (exact) mass is 270 g/mol. The summed E-state index contributed by atoms with van der Waals surface area (Å²) in [6.07, 6.45) is 2.31. The molecular weight excluding hydrogens is 251 g/mol. The molecule has 4 heteroatoms. The molecule has 0 aromatic heterocycles. The lowest BCUT2D eigenvalue weighted by Crippen LogP contribution is -2.43. The van der Waals surface area contributed by atoms with Crippen molar-refractivity contribution in [3.05, 3.63) is 34.6 Å². The van der Waals surface area contributed by atoms with E-state index in [-0.39, 0.29) is 5.82 Å². The lowest BCUT2D eigenvalue weighted by molar-refractivity contribution is 0.112. The Morgan fingerprint density at radius 3 is 2.89 bits per heavy atom. The molecule has 2 rings (SSSR count). The van der Waals surface area contributed by atoms with E-state index in [2.05, 4.69) is 11.8 Å². The summed E-state index contributed by atoms with van der Waals surface area (Å²) in [6.45, 7) is 4.51. The van der Waals surface area contributed by atoms with Gasteiger partial charge in [-0.3, -0.25) is 4.90 Å². The minimum atomic E-state index is -0.218. The maximum Gasteiger partial charge on any atom is 0.129 e. The molecule has 2 atom stereocenters. The Morgan fingerprint density at radius 2 is 2.22 bits per heavy atom. The maximum atomic E-state index is 13.8. The molecule has 0 spiro atoms. The van der Waals surface area contributed by atoms with Crippen LogP contribution in [0.25, 0.3) is 0 Å². The Labute approximate surface area is 113 Å². The van der Waals surface area contributed by atoms with E-state index in [0.29, 0.717) is 35.6 Å². The van der Waals surface area contributed by atoms with E-state index in [0.717, 1.165) is 13.0 Å². The van der Waals surface area contributed by atoms with Gasteiger partial charge in [-0.25, -0.2) is 4.39 Å². The van der Waals surface area contributed by atoms with Gasteiger partial charge in [-0.05, 0) is 44.4 Å². The molecule has 0 amide bonds. The van der Waals surface area contributed by atoms with Crippen molar-refractivity contribution in [3.8, 4) is 0 Å². The minimum absolute atomic E-state index is 0.218. The van der Waals surface area contributed by atoms with Gasteiger partial charge >= 0.3 is 0 Å². The minimum Gasteiger partial charge on any atom is -0.330 e. The molecule has 0 radical (unpaired) electrons. The molecule has 18 heavy (non-hydrogen) atoms. The van der Waals surface area contributed by atoms with E-state index in [1.807, 2.05) is 0 Å². The molecule has 2 N–H and O–H groups in total. The highest BCUT2D eigenvalue weighted by Gasteiger charge is 2.25. The molecule has 100 valence electrons.